The third kappa shape index (κ3) is 6.04. The van der Waals surface area contributed by atoms with Crippen LogP contribution in [0.5, 0.6) is 0 Å². The number of aromatic nitrogens is 1. The SMILES string of the molecule is CCCCN(C)c1cc(CNC(C)C)cc(C(C)(C)C)n1. The number of anilines is 1. The fraction of sp³-hybridized carbons (Fsp3) is 0.722. The first-order chi connectivity index (χ1) is 9.74. The van der Waals surface area contributed by atoms with Crippen molar-refractivity contribution in [3.8, 4) is 0 Å². The van der Waals surface area contributed by atoms with Gasteiger partial charge >= 0.3 is 0 Å². The molecule has 0 aliphatic rings. The summed E-state index contributed by atoms with van der Waals surface area (Å²) in [5, 5.41) is 3.50. The van der Waals surface area contributed by atoms with Crippen LogP contribution < -0.4 is 10.2 Å². The van der Waals surface area contributed by atoms with Crippen molar-refractivity contribution in [2.24, 2.45) is 0 Å². The lowest BCUT2D eigenvalue weighted by Crippen LogP contribution is -2.25. The zero-order valence-corrected chi connectivity index (χ0v) is 15.0. The van der Waals surface area contributed by atoms with Gasteiger partial charge in [0.1, 0.15) is 5.82 Å². The lowest BCUT2D eigenvalue weighted by atomic mass is 9.90. The maximum atomic E-state index is 4.88. The Morgan fingerprint density at radius 1 is 1.24 bits per heavy atom. The molecule has 0 saturated heterocycles. The molecule has 3 nitrogen and oxygen atoms in total. The highest BCUT2D eigenvalue weighted by molar-refractivity contribution is 5.43. The highest BCUT2D eigenvalue weighted by Gasteiger charge is 2.18. The molecule has 120 valence electrons. The van der Waals surface area contributed by atoms with Crippen LogP contribution in [0.3, 0.4) is 0 Å². The van der Waals surface area contributed by atoms with Crippen LogP contribution in [0, 0.1) is 0 Å². The molecule has 0 aromatic carbocycles. The zero-order valence-electron chi connectivity index (χ0n) is 15.0. The molecule has 0 saturated carbocycles. The van der Waals surface area contributed by atoms with E-state index >= 15 is 0 Å². The van der Waals surface area contributed by atoms with Crippen LogP contribution >= 0.6 is 0 Å². The normalized spacial score (nSPS) is 12.0. The van der Waals surface area contributed by atoms with Crippen molar-refractivity contribution in [2.45, 2.75) is 72.4 Å². The van der Waals surface area contributed by atoms with Crippen molar-refractivity contribution >= 4 is 5.82 Å². The van der Waals surface area contributed by atoms with E-state index in [1.165, 1.54) is 24.1 Å². The number of unbranched alkanes of at least 4 members (excludes halogenated alkanes) is 1. The molecule has 0 spiro atoms. The predicted molar refractivity (Wildman–Crippen MR) is 93.1 cm³/mol. The lowest BCUT2D eigenvalue weighted by Gasteiger charge is -2.24. The molecular formula is C18H33N3. The van der Waals surface area contributed by atoms with Gasteiger partial charge in [0.2, 0.25) is 0 Å². The summed E-state index contributed by atoms with van der Waals surface area (Å²) in [7, 11) is 2.14. The molecule has 1 aromatic heterocycles. The number of rotatable bonds is 7. The standard InChI is InChI=1S/C18H33N3/c1-8-9-10-21(7)17-12-15(13-19-14(2)3)11-16(20-17)18(4,5)6/h11-12,14,19H,8-10,13H2,1-7H3. The van der Waals surface area contributed by atoms with E-state index in [-0.39, 0.29) is 5.41 Å². The van der Waals surface area contributed by atoms with Gasteiger partial charge in [0.05, 0.1) is 0 Å². The summed E-state index contributed by atoms with van der Waals surface area (Å²) >= 11 is 0. The number of nitrogens with zero attached hydrogens (tertiary/aromatic N) is 2. The second-order valence-electron chi connectivity index (χ2n) is 7.28. The minimum absolute atomic E-state index is 0.0776. The Kier molecular flexibility index (Phi) is 6.66. The predicted octanol–water partition coefficient (Wildman–Crippen LogP) is 4.11. The average Bonchev–Trinajstić information content (AvgIpc) is 2.41. The number of hydrogen-bond acceptors (Lipinski definition) is 3. The van der Waals surface area contributed by atoms with E-state index in [1.54, 1.807) is 0 Å². The van der Waals surface area contributed by atoms with Crippen LogP contribution in [-0.4, -0.2) is 24.6 Å². The van der Waals surface area contributed by atoms with E-state index in [4.69, 9.17) is 4.98 Å². The van der Waals surface area contributed by atoms with Gasteiger partial charge in [0, 0.05) is 37.3 Å². The van der Waals surface area contributed by atoms with Gasteiger partial charge in [-0.1, -0.05) is 48.0 Å². The van der Waals surface area contributed by atoms with Gasteiger partial charge in [0.15, 0.2) is 0 Å². The average molecular weight is 291 g/mol. The lowest BCUT2D eigenvalue weighted by molar-refractivity contribution is 0.560. The van der Waals surface area contributed by atoms with Crippen LogP contribution in [0.4, 0.5) is 5.82 Å². The van der Waals surface area contributed by atoms with E-state index in [1.807, 2.05) is 0 Å². The quantitative estimate of drug-likeness (QED) is 0.819. The van der Waals surface area contributed by atoms with Gasteiger partial charge < -0.3 is 10.2 Å². The minimum atomic E-state index is 0.0776. The molecule has 0 fully saturated rings. The second kappa shape index (κ2) is 7.79. The summed E-state index contributed by atoms with van der Waals surface area (Å²) in [6.45, 7) is 15.2. The topological polar surface area (TPSA) is 28.2 Å². The van der Waals surface area contributed by atoms with Crippen molar-refractivity contribution in [1.29, 1.82) is 0 Å². The van der Waals surface area contributed by atoms with Gasteiger partial charge in [-0.2, -0.15) is 0 Å². The van der Waals surface area contributed by atoms with Gasteiger partial charge in [-0.25, -0.2) is 4.98 Å². The Bertz CT molecular complexity index is 433. The molecule has 1 rings (SSSR count). The molecule has 0 amide bonds. The van der Waals surface area contributed by atoms with Crippen molar-refractivity contribution in [3.63, 3.8) is 0 Å². The Morgan fingerprint density at radius 3 is 2.43 bits per heavy atom. The van der Waals surface area contributed by atoms with Crippen molar-refractivity contribution < 1.29 is 0 Å². The summed E-state index contributed by atoms with van der Waals surface area (Å²) < 4.78 is 0. The molecule has 0 atom stereocenters. The number of hydrogen-bond donors (Lipinski definition) is 1. The van der Waals surface area contributed by atoms with E-state index in [2.05, 4.69) is 70.9 Å². The molecule has 0 unspecified atom stereocenters. The Morgan fingerprint density at radius 2 is 1.90 bits per heavy atom. The first-order valence-corrected chi connectivity index (χ1v) is 8.20. The monoisotopic (exact) mass is 291 g/mol. The molecule has 0 bridgehead atoms. The maximum absolute atomic E-state index is 4.88. The van der Waals surface area contributed by atoms with Crippen LogP contribution in [0.1, 0.15) is 65.6 Å². The van der Waals surface area contributed by atoms with E-state index < -0.39 is 0 Å². The van der Waals surface area contributed by atoms with Crippen LogP contribution in [0.2, 0.25) is 0 Å². The molecule has 0 aliphatic heterocycles. The molecule has 21 heavy (non-hydrogen) atoms. The van der Waals surface area contributed by atoms with Crippen molar-refractivity contribution in [3.05, 3.63) is 23.4 Å². The third-order valence-electron chi connectivity index (χ3n) is 3.59. The Hall–Kier alpha value is -1.09. The van der Waals surface area contributed by atoms with Crippen molar-refractivity contribution in [2.75, 3.05) is 18.5 Å². The van der Waals surface area contributed by atoms with E-state index in [0.29, 0.717) is 6.04 Å². The molecule has 1 heterocycles. The van der Waals surface area contributed by atoms with Crippen LogP contribution in [-0.2, 0) is 12.0 Å². The van der Waals surface area contributed by atoms with E-state index in [9.17, 15) is 0 Å². The molecule has 3 heteroatoms. The second-order valence-corrected chi connectivity index (χ2v) is 7.28. The summed E-state index contributed by atoms with van der Waals surface area (Å²) in [5.74, 6) is 1.09. The zero-order chi connectivity index (χ0) is 16.0. The summed E-state index contributed by atoms with van der Waals surface area (Å²) in [6.07, 6.45) is 2.42. The molecule has 1 N–H and O–H groups in total. The summed E-state index contributed by atoms with van der Waals surface area (Å²) in [4.78, 5) is 7.16. The fourth-order valence-corrected chi connectivity index (χ4v) is 2.08. The summed E-state index contributed by atoms with van der Waals surface area (Å²) in [6, 6.07) is 4.96. The molecule has 0 radical (unpaired) electrons. The van der Waals surface area contributed by atoms with Gasteiger partial charge in [-0.15, -0.1) is 0 Å². The number of nitrogens with one attached hydrogen (secondary N) is 1. The number of pyridine rings is 1. The Balaban J connectivity index is 3.03. The third-order valence-corrected chi connectivity index (χ3v) is 3.59. The molecule has 1 aromatic rings. The highest BCUT2D eigenvalue weighted by Crippen LogP contribution is 2.24. The molecular weight excluding hydrogens is 258 g/mol. The maximum Gasteiger partial charge on any atom is 0.128 e. The van der Waals surface area contributed by atoms with Crippen LogP contribution in [0.15, 0.2) is 12.1 Å². The van der Waals surface area contributed by atoms with Crippen molar-refractivity contribution in [1.82, 2.24) is 10.3 Å². The highest BCUT2D eigenvalue weighted by atomic mass is 15.2. The smallest absolute Gasteiger partial charge is 0.128 e. The van der Waals surface area contributed by atoms with Gasteiger partial charge in [-0.05, 0) is 24.1 Å². The first-order valence-electron chi connectivity index (χ1n) is 8.20. The largest absolute Gasteiger partial charge is 0.360 e. The first kappa shape index (κ1) is 18.0. The van der Waals surface area contributed by atoms with E-state index in [0.717, 1.165) is 18.9 Å². The Labute approximate surface area is 131 Å². The summed E-state index contributed by atoms with van der Waals surface area (Å²) in [5.41, 5.74) is 2.57. The van der Waals surface area contributed by atoms with Crippen LogP contribution in [0.25, 0.3) is 0 Å². The van der Waals surface area contributed by atoms with Gasteiger partial charge in [-0.3, -0.25) is 0 Å². The van der Waals surface area contributed by atoms with Gasteiger partial charge in [0.25, 0.3) is 0 Å². The minimum Gasteiger partial charge on any atom is -0.360 e. The fourth-order valence-electron chi connectivity index (χ4n) is 2.08. The molecule has 0 aliphatic carbocycles.